The number of nitrogens with zero attached hydrogens (tertiary/aromatic N) is 4. The van der Waals surface area contributed by atoms with Gasteiger partial charge in [0.15, 0.2) is 0 Å². The largest absolute Gasteiger partial charge is 0.370 e. The van der Waals surface area contributed by atoms with E-state index in [2.05, 4.69) is 32.7 Å². The lowest BCUT2D eigenvalue weighted by atomic mass is 10.0. The van der Waals surface area contributed by atoms with E-state index in [1.807, 2.05) is 13.0 Å². The highest BCUT2D eigenvalue weighted by Crippen LogP contribution is 2.32. The average molecular weight is 427 g/mol. The van der Waals surface area contributed by atoms with Gasteiger partial charge in [0.25, 0.3) is 0 Å². The Balaban J connectivity index is 1.27. The quantitative estimate of drug-likeness (QED) is 0.742. The fraction of sp³-hybridized carbons (Fsp3) is 0.640. The lowest BCUT2D eigenvalue weighted by molar-refractivity contribution is -0.0371. The highest BCUT2D eigenvalue weighted by molar-refractivity contribution is 5.94. The third-order valence-corrected chi connectivity index (χ3v) is 7.40. The van der Waals surface area contributed by atoms with Crippen LogP contribution < -0.4 is 4.90 Å². The summed E-state index contributed by atoms with van der Waals surface area (Å²) in [5, 5.41) is 1.03. The number of anilines is 1. The minimum atomic E-state index is -0.180. The molecule has 168 valence electrons. The summed E-state index contributed by atoms with van der Waals surface area (Å²) in [7, 11) is 0. The van der Waals surface area contributed by atoms with Crippen LogP contribution >= 0.6 is 0 Å². The van der Waals surface area contributed by atoms with E-state index in [0.717, 1.165) is 55.4 Å². The number of piperidine rings is 1. The zero-order valence-electron chi connectivity index (χ0n) is 18.9. The molecule has 6 heteroatoms. The van der Waals surface area contributed by atoms with Gasteiger partial charge < -0.3 is 19.4 Å². The van der Waals surface area contributed by atoms with Gasteiger partial charge in [0.1, 0.15) is 5.82 Å². The molecule has 0 bridgehead atoms. The number of halogens is 1. The highest BCUT2D eigenvalue weighted by Gasteiger charge is 2.31. The van der Waals surface area contributed by atoms with E-state index in [-0.39, 0.29) is 18.0 Å². The van der Waals surface area contributed by atoms with Crippen molar-refractivity contribution in [2.75, 3.05) is 50.7 Å². The lowest BCUT2D eigenvalue weighted by Crippen LogP contribution is -2.53. The van der Waals surface area contributed by atoms with Crippen molar-refractivity contribution < 1.29 is 9.13 Å². The molecule has 1 aromatic heterocycles. The smallest absolute Gasteiger partial charge is 0.130 e. The predicted molar refractivity (Wildman–Crippen MR) is 123 cm³/mol. The topological polar surface area (TPSA) is 31.8 Å². The van der Waals surface area contributed by atoms with Crippen molar-refractivity contribution in [3.05, 3.63) is 35.8 Å². The van der Waals surface area contributed by atoms with Crippen LogP contribution in [0.15, 0.2) is 24.4 Å². The lowest BCUT2D eigenvalue weighted by Gasteiger charge is -2.42. The van der Waals surface area contributed by atoms with Gasteiger partial charge in [0.2, 0.25) is 0 Å². The predicted octanol–water partition coefficient (Wildman–Crippen LogP) is 3.84. The summed E-state index contributed by atoms with van der Waals surface area (Å²) in [6.45, 7) is 11.4. The number of hydrogen-bond donors (Lipinski definition) is 0. The first-order valence-electron chi connectivity index (χ1n) is 12.0. The van der Waals surface area contributed by atoms with E-state index in [1.54, 1.807) is 12.3 Å². The zero-order chi connectivity index (χ0) is 21.4. The van der Waals surface area contributed by atoms with Crippen LogP contribution in [0.5, 0.6) is 0 Å². The number of aromatic nitrogens is 1. The van der Waals surface area contributed by atoms with Gasteiger partial charge in [-0.2, -0.15) is 0 Å². The van der Waals surface area contributed by atoms with Crippen LogP contribution in [-0.4, -0.2) is 78.8 Å². The molecule has 0 N–H and O–H groups in total. The van der Waals surface area contributed by atoms with Crippen LogP contribution in [0.3, 0.4) is 0 Å². The Kier molecular flexibility index (Phi) is 6.13. The third-order valence-electron chi connectivity index (χ3n) is 7.40. The second-order valence-electron chi connectivity index (χ2n) is 9.65. The molecular formula is C25H35FN4O. The fourth-order valence-corrected chi connectivity index (χ4v) is 5.80. The zero-order valence-corrected chi connectivity index (χ0v) is 18.9. The summed E-state index contributed by atoms with van der Waals surface area (Å²) in [5.74, 6) is -0.180. The fourth-order valence-electron chi connectivity index (χ4n) is 5.80. The van der Waals surface area contributed by atoms with Crippen molar-refractivity contribution in [2.45, 2.75) is 57.8 Å². The van der Waals surface area contributed by atoms with Gasteiger partial charge in [-0.1, -0.05) is 0 Å². The Morgan fingerprint density at radius 3 is 2.68 bits per heavy atom. The second-order valence-corrected chi connectivity index (χ2v) is 9.65. The minimum Gasteiger partial charge on any atom is -0.370 e. The van der Waals surface area contributed by atoms with E-state index in [4.69, 9.17) is 4.74 Å². The second kappa shape index (κ2) is 9.00. The Morgan fingerprint density at radius 1 is 1.13 bits per heavy atom. The first kappa shape index (κ1) is 21.1. The van der Waals surface area contributed by atoms with Crippen molar-refractivity contribution in [1.29, 1.82) is 0 Å². The molecule has 1 unspecified atom stereocenters. The molecule has 5 rings (SSSR count). The van der Waals surface area contributed by atoms with Crippen molar-refractivity contribution in [3.8, 4) is 0 Å². The number of fused-ring (bicyclic) bond motifs is 1. The number of aryl methyl sites for hydroxylation is 1. The van der Waals surface area contributed by atoms with Gasteiger partial charge in [-0.3, -0.25) is 4.98 Å². The average Bonchev–Trinajstić information content (AvgIpc) is 3.31. The van der Waals surface area contributed by atoms with Crippen LogP contribution in [-0.2, 0) is 4.74 Å². The van der Waals surface area contributed by atoms with E-state index < -0.39 is 0 Å². The maximum absolute atomic E-state index is 14.7. The normalized spacial score (nSPS) is 26.7. The molecule has 2 aromatic rings. The standard InChI is InChI=1S/C25H35FN4O/c1-18-15-30(24-14-23(26)19(2)25-22(24)6-5-9-27-25)17-21(31-18)16-28-12-7-20(8-13-28)29-10-3-4-11-29/h5-6,9,14,18,20-21H,3-4,7-8,10-13,15-17H2,1-2H3/t18-,21?/m1/s1. The van der Waals surface area contributed by atoms with Gasteiger partial charge in [-0.15, -0.1) is 0 Å². The molecule has 0 amide bonds. The maximum atomic E-state index is 14.7. The van der Waals surface area contributed by atoms with Crippen LogP contribution in [0.25, 0.3) is 10.9 Å². The molecule has 1 aromatic carbocycles. The summed E-state index contributed by atoms with van der Waals surface area (Å²) < 4.78 is 21.0. The Labute approximate surface area is 185 Å². The van der Waals surface area contributed by atoms with Gasteiger partial charge >= 0.3 is 0 Å². The maximum Gasteiger partial charge on any atom is 0.130 e. The van der Waals surface area contributed by atoms with Crippen molar-refractivity contribution in [2.24, 2.45) is 0 Å². The van der Waals surface area contributed by atoms with Crippen LogP contribution in [0.4, 0.5) is 10.1 Å². The van der Waals surface area contributed by atoms with Crippen molar-refractivity contribution >= 4 is 16.6 Å². The molecule has 2 atom stereocenters. The summed E-state index contributed by atoms with van der Waals surface area (Å²) in [6, 6.07) is 6.46. The Bertz CT molecular complexity index is 908. The monoisotopic (exact) mass is 426 g/mol. The minimum absolute atomic E-state index is 0.122. The number of rotatable bonds is 4. The summed E-state index contributed by atoms with van der Waals surface area (Å²) in [6.07, 6.45) is 7.29. The molecule has 0 radical (unpaired) electrons. The number of likely N-dealkylation sites (tertiary alicyclic amines) is 2. The van der Waals surface area contributed by atoms with E-state index in [9.17, 15) is 4.39 Å². The van der Waals surface area contributed by atoms with E-state index >= 15 is 0 Å². The summed E-state index contributed by atoms with van der Waals surface area (Å²) in [5.41, 5.74) is 2.33. The molecule has 3 saturated heterocycles. The number of benzene rings is 1. The highest BCUT2D eigenvalue weighted by atomic mass is 19.1. The molecule has 4 heterocycles. The van der Waals surface area contributed by atoms with Crippen LogP contribution in [0.1, 0.15) is 38.2 Å². The summed E-state index contributed by atoms with van der Waals surface area (Å²) >= 11 is 0. The molecule has 3 aliphatic rings. The first-order chi connectivity index (χ1) is 15.1. The Hall–Kier alpha value is -1.76. The van der Waals surface area contributed by atoms with Crippen LogP contribution in [0.2, 0.25) is 0 Å². The number of morpholine rings is 1. The molecular weight excluding hydrogens is 391 g/mol. The molecule has 3 aliphatic heterocycles. The van der Waals surface area contributed by atoms with Crippen molar-refractivity contribution in [3.63, 3.8) is 0 Å². The Morgan fingerprint density at radius 2 is 1.90 bits per heavy atom. The van der Waals surface area contributed by atoms with E-state index in [0.29, 0.717) is 5.56 Å². The number of ether oxygens (including phenoxy) is 1. The van der Waals surface area contributed by atoms with Gasteiger partial charge in [-0.05, 0) is 83.9 Å². The van der Waals surface area contributed by atoms with Crippen LogP contribution in [0, 0.1) is 12.7 Å². The van der Waals surface area contributed by atoms with Gasteiger partial charge in [0, 0.05) is 48.5 Å². The van der Waals surface area contributed by atoms with Gasteiger partial charge in [0.05, 0.1) is 17.7 Å². The van der Waals surface area contributed by atoms with Gasteiger partial charge in [-0.25, -0.2) is 4.39 Å². The molecule has 3 fully saturated rings. The molecule has 0 spiro atoms. The molecule has 5 nitrogen and oxygen atoms in total. The number of pyridine rings is 1. The third kappa shape index (κ3) is 4.43. The molecule has 31 heavy (non-hydrogen) atoms. The van der Waals surface area contributed by atoms with E-state index in [1.165, 1.54) is 38.8 Å². The molecule has 0 saturated carbocycles. The SMILES string of the molecule is Cc1c(F)cc(N2CC(CN3CCC(N4CCCC4)CC3)O[C@H](C)C2)c2cccnc12. The number of hydrogen-bond acceptors (Lipinski definition) is 5. The van der Waals surface area contributed by atoms with Crippen molar-refractivity contribution in [1.82, 2.24) is 14.8 Å². The first-order valence-corrected chi connectivity index (χ1v) is 12.0. The molecule has 0 aliphatic carbocycles. The summed E-state index contributed by atoms with van der Waals surface area (Å²) in [4.78, 5) is 12.0.